The minimum Gasteiger partial charge on any atom is -0.491 e. The van der Waals surface area contributed by atoms with E-state index in [1.165, 1.54) is 0 Å². The Kier molecular flexibility index (Phi) is 5.32. The molecule has 0 radical (unpaired) electrons. The summed E-state index contributed by atoms with van der Waals surface area (Å²) in [7, 11) is 1.80. The van der Waals surface area contributed by atoms with E-state index in [0.717, 1.165) is 42.8 Å². The van der Waals surface area contributed by atoms with Gasteiger partial charge >= 0.3 is 0 Å². The third-order valence-electron chi connectivity index (χ3n) is 5.43. The van der Waals surface area contributed by atoms with Crippen LogP contribution in [0.15, 0.2) is 30.6 Å². The summed E-state index contributed by atoms with van der Waals surface area (Å²) in [5.74, 6) is 1.01. The van der Waals surface area contributed by atoms with Crippen molar-refractivity contribution >= 4 is 11.8 Å². The average molecular weight is 382 g/mol. The number of fused-ring (bicyclic) bond motifs is 1. The number of rotatable bonds is 4. The number of likely N-dealkylation sites (tertiary alicyclic amines) is 1. The third-order valence-corrected chi connectivity index (χ3v) is 5.43. The molecule has 2 amide bonds. The van der Waals surface area contributed by atoms with E-state index in [1.54, 1.807) is 29.0 Å². The van der Waals surface area contributed by atoms with E-state index in [9.17, 15) is 9.59 Å². The van der Waals surface area contributed by atoms with Crippen molar-refractivity contribution in [2.24, 2.45) is 7.05 Å². The molecule has 0 N–H and O–H groups in total. The number of aromatic nitrogens is 2. The first-order valence-corrected chi connectivity index (χ1v) is 9.90. The molecule has 0 atom stereocenters. The van der Waals surface area contributed by atoms with Gasteiger partial charge in [-0.25, -0.2) is 0 Å². The number of amides is 2. The lowest BCUT2D eigenvalue weighted by Crippen LogP contribution is -2.32. The smallest absolute Gasteiger partial charge is 0.257 e. The summed E-state index contributed by atoms with van der Waals surface area (Å²) in [4.78, 5) is 28.8. The predicted molar refractivity (Wildman–Crippen MR) is 104 cm³/mol. The quantitative estimate of drug-likeness (QED) is 0.811. The molecule has 2 aromatic rings. The molecule has 148 valence electrons. The molecule has 2 aliphatic rings. The number of nitrogens with zero attached hydrogens (tertiary/aromatic N) is 4. The molecule has 0 spiro atoms. The van der Waals surface area contributed by atoms with Crippen LogP contribution in [0.3, 0.4) is 0 Å². The van der Waals surface area contributed by atoms with Crippen molar-refractivity contribution in [1.82, 2.24) is 19.6 Å². The van der Waals surface area contributed by atoms with Gasteiger partial charge in [0.25, 0.3) is 5.91 Å². The molecule has 1 saturated heterocycles. The van der Waals surface area contributed by atoms with Crippen molar-refractivity contribution in [2.45, 2.75) is 32.2 Å². The van der Waals surface area contributed by atoms with Crippen LogP contribution in [0.4, 0.5) is 0 Å². The lowest BCUT2D eigenvalue weighted by molar-refractivity contribution is -0.130. The van der Waals surface area contributed by atoms with Crippen molar-refractivity contribution in [3.8, 4) is 5.75 Å². The van der Waals surface area contributed by atoms with Gasteiger partial charge in [0.2, 0.25) is 5.91 Å². The molecule has 0 unspecified atom stereocenters. The van der Waals surface area contributed by atoms with Crippen molar-refractivity contribution < 1.29 is 14.3 Å². The first-order valence-electron chi connectivity index (χ1n) is 9.90. The van der Waals surface area contributed by atoms with Crippen molar-refractivity contribution in [2.75, 3.05) is 26.2 Å². The molecular weight excluding hydrogens is 356 g/mol. The van der Waals surface area contributed by atoms with Gasteiger partial charge in [0.1, 0.15) is 12.4 Å². The summed E-state index contributed by atoms with van der Waals surface area (Å²) in [6, 6.07) is 6.05. The summed E-state index contributed by atoms with van der Waals surface area (Å²) >= 11 is 0. The largest absolute Gasteiger partial charge is 0.491 e. The fraction of sp³-hybridized carbons (Fsp3) is 0.476. The van der Waals surface area contributed by atoms with Crippen molar-refractivity contribution in [1.29, 1.82) is 0 Å². The van der Waals surface area contributed by atoms with Crippen LogP contribution in [0, 0.1) is 0 Å². The second-order valence-corrected chi connectivity index (χ2v) is 7.51. The van der Waals surface area contributed by atoms with E-state index >= 15 is 0 Å². The van der Waals surface area contributed by atoms with Crippen LogP contribution in [0.5, 0.6) is 5.75 Å². The topological polar surface area (TPSA) is 67.7 Å². The Morgan fingerprint density at radius 1 is 1.14 bits per heavy atom. The van der Waals surface area contributed by atoms with E-state index in [1.807, 2.05) is 17.0 Å². The van der Waals surface area contributed by atoms with Gasteiger partial charge in [-0.15, -0.1) is 0 Å². The lowest BCUT2D eigenvalue weighted by Gasteiger charge is -2.19. The zero-order valence-corrected chi connectivity index (χ0v) is 16.3. The molecule has 1 aromatic heterocycles. The fourth-order valence-electron chi connectivity index (χ4n) is 3.87. The second kappa shape index (κ2) is 8.04. The number of hydrogen-bond acceptors (Lipinski definition) is 4. The maximum absolute atomic E-state index is 12.8. The number of aryl methyl sites for hydroxylation is 2. The van der Waals surface area contributed by atoms with Gasteiger partial charge in [0.05, 0.1) is 18.3 Å². The van der Waals surface area contributed by atoms with Crippen LogP contribution in [0.2, 0.25) is 0 Å². The van der Waals surface area contributed by atoms with Crippen LogP contribution in [0.1, 0.15) is 40.7 Å². The maximum atomic E-state index is 12.8. The zero-order valence-electron chi connectivity index (χ0n) is 16.3. The molecule has 0 aliphatic carbocycles. The Labute approximate surface area is 164 Å². The van der Waals surface area contributed by atoms with Crippen LogP contribution in [0.25, 0.3) is 0 Å². The molecule has 28 heavy (non-hydrogen) atoms. The molecule has 3 heterocycles. The summed E-state index contributed by atoms with van der Waals surface area (Å²) in [5.41, 5.74) is 2.67. The fourth-order valence-corrected chi connectivity index (χ4v) is 3.87. The monoisotopic (exact) mass is 382 g/mol. The van der Waals surface area contributed by atoms with Gasteiger partial charge in [-0.3, -0.25) is 14.3 Å². The molecule has 1 aromatic carbocycles. The van der Waals surface area contributed by atoms with Crippen LogP contribution in [-0.2, 0) is 24.8 Å². The van der Waals surface area contributed by atoms with Crippen molar-refractivity contribution in [3.63, 3.8) is 0 Å². The molecule has 0 saturated carbocycles. The molecule has 7 heteroatoms. The number of carbonyl (C=O) groups is 2. The first-order chi connectivity index (χ1) is 13.6. The highest BCUT2D eigenvalue weighted by Crippen LogP contribution is 2.26. The number of carbonyl (C=O) groups excluding carboxylic acids is 2. The van der Waals surface area contributed by atoms with Crippen LogP contribution in [-0.4, -0.2) is 57.6 Å². The van der Waals surface area contributed by atoms with Crippen LogP contribution >= 0.6 is 0 Å². The maximum Gasteiger partial charge on any atom is 0.257 e. The first kappa shape index (κ1) is 18.5. The highest BCUT2D eigenvalue weighted by atomic mass is 16.5. The normalized spacial score (nSPS) is 16.5. The average Bonchev–Trinajstić information content (AvgIpc) is 3.33. The van der Waals surface area contributed by atoms with Gasteiger partial charge in [-0.05, 0) is 30.9 Å². The SMILES string of the molecule is Cn1cc(C(=O)N2CCOc3ccc(CCC(=O)N4CCCC4)cc3C2)cn1. The Morgan fingerprint density at radius 2 is 1.96 bits per heavy atom. The van der Waals surface area contributed by atoms with Crippen LogP contribution < -0.4 is 4.74 Å². The van der Waals surface area contributed by atoms with Gasteiger partial charge in [-0.2, -0.15) is 5.10 Å². The molecule has 2 aliphatic heterocycles. The van der Waals surface area contributed by atoms with Gasteiger partial charge in [0.15, 0.2) is 0 Å². The summed E-state index contributed by atoms with van der Waals surface area (Å²) in [6.45, 7) is 3.28. The van der Waals surface area contributed by atoms with Gasteiger partial charge in [-0.1, -0.05) is 12.1 Å². The van der Waals surface area contributed by atoms with E-state index in [-0.39, 0.29) is 11.8 Å². The van der Waals surface area contributed by atoms with Crippen molar-refractivity contribution in [3.05, 3.63) is 47.3 Å². The third kappa shape index (κ3) is 4.03. The molecule has 4 rings (SSSR count). The van der Waals surface area contributed by atoms with E-state index in [4.69, 9.17) is 4.74 Å². The zero-order chi connectivity index (χ0) is 19.5. The van der Waals surface area contributed by atoms with E-state index < -0.39 is 0 Å². The molecule has 1 fully saturated rings. The molecule has 7 nitrogen and oxygen atoms in total. The highest BCUT2D eigenvalue weighted by Gasteiger charge is 2.23. The molecular formula is C21H26N4O3. The lowest BCUT2D eigenvalue weighted by atomic mass is 10.0. The van der Waals surface area contributed by atoms with E-state index in [0.29, 0.717) is 38.1 Å². The van der Waals surface area contributed by atoms with Gasteiger partial charge < -0.3 is 14.5 Å². The summed E-state index contributed by atoms with van der Waals surface area (Å²) < 4.78 is 7.47. The highest BCUT2D eigenvalue weighted by molar-refractivity contribution is 5.93. The van der Waals surface area contributed by atoms with Gasteiger partial charge in [0, 0.05) is 44.9 Å². The Balaban J connectivity index is 1.44. The Bertz CT molecular complexity index is 870. The minimum absolute atomic E-state index is 0.0424. The summed E-state index contributed by atoms with van der Waals surface area (Å²) in [6.07, 6.45) is 6.79. The standard InChI is InChI=1S/C21H26N4O3/c1-23-14-18(13-22-23)21(27)25-10-11-28-19-6-4-16(12-17(19)15-25)5-7-20(26)24-8-2-3-9-24/h4,6,12-14H,2-3,5,7-11,15H2,1H3. The number of benzene rings is 1. The molecule has 0 bridgehead atoms. The predicted octanol–water partition coefficient (Wildman–Crippen LogP) is 2.01. The van der Waals surface area contributed by atoms with E-state index in [2.05, 4.69) is 11.2 Å². The summed E-state index contributed by atoms with van der Waals surface area (Å²) in [5, 5.41) is 4.09. The minimum atomic E-state index is -0.0424. The Morgan fingerprint density at radius 3 is 2.71 bits per heavy atom. The number of ether oxygens (including phenoxy) is 1. The second-order valence-electron chi connectivity index (χ2n) is 7.51. The Hall–Kier alpha value is -2.83. The number of hydrogen-bond donors (Lipinski definition) is 0.